The van der Waals surface area contributed by atoms with Gasteiger partial charge in [0.05, 0.1) is 6.42 Å². The Morgan fingerprint density at radius 2 is 1.88 bits per heavy atom. The lowest BCUT2D eigenvalue weighted by molar-refractivity contribution is -0.120. The van der Waals surface area contributed by atoms with Crippen LogP contribution in [0.2, 0.25) is 0 Å². The van der Waals surface area contributed by atoms with Gasteiger partial charge in [-0.2, -0.15) is 0 Å². The molecule has 0 spiro atoms. The largest absolute Gasteiger partial charge is 0.454 e. The molecule has 2 amide bonds. The first-order valence-corrected chi connectivity index (χ1v) is 7.93. The number of hydrogen-bond acceptors (Lipinski definition) is 5. The Morgan fingerprint density at radius 1 is 1.08 bits per heavy atom. The summed E-state index contributed by atoms with van der Waals surface area (Å²) in [5.41, 5.74) is 7.15. The lowest BCUT2D eigenvalue weighted by Gasteiger charge is -2.11. The number of hydrogen-bond donors (Lipinski definition) is 3. The van der Waals surface area contributed by atoms with E-state index in [2.05, 4.69) is 10.6 Å². The van der Waals surface area contributed by atoms with E-state index >= 15 is 0 Å². The number of benzene rings is 2. The second-order valence-electron chi connectivity index (χ2n) is 5.49. The van der Waals surface area contributed by atoms with Crippen LogP contribution in [0.4, 0.5) is 5.69 Å². The third kappa shape index (κ3) is 4.07. The quantitative estimate of drug-likeness (QED) is 0.735. The number of anilines is 1. The van der Waals surface area contributed by atoms with Crippen molar-refractivity contribution in [1.29, 1.82) is 0 Å². The van der Waals surface area contributed by atoms with Gasteiger partial charge in [0.2, 0.25) is 12.7 Å². The van der Waals surface area contributed by atoms with Crippen molar-refractivity contribution in [3.05, 3.63) is 53.6 Å². The van der Waals surface area contributed by atoms with Gasteiger partial charge in [0.25, 0.3) is 5.91 Å². The Kier molecular flexibility index (Phi) is 5.15. The fourth-order valence-corrected chi connectivity index (χ4v) is 2.48. The summed E-state index contributed by atoms with van der Waals surface area (Å²) >= 11 is 0. The monoisotopic (exact) mass is 341 g/mol. The predicted molar refractivity (Wildman–Crippen MR) is 92.7 cm³/mol. The van der Waals surface area contributed by atoms with Crippen LogP contribution in [0.15, 0.2) is 42.5 Å². The van der Waals surface area contributed by atoms with Gasteiger partial charge >= 0.3 is 0 Å². The van der Waals surface area contributed by atoms with Crippen molar-refractivity contribution < 1.29 is 19.1 Å². The van der Waals surface area contributed by atoms with E-state index in [0.29, 0.717) is 35.8 Å². The molecule has 0 saturated heterocycles. The molecule has 1 aliphatic rings. The maximum atomic E-state index is 12.5. The standard InChI is InChI=1S/C18H19N3O4/c19-7-8-20-17(22)10-12-3-1-2-4-14(12)21-18(23)13-5-6-15-16(9-13)25-11-24-15/h1-6,9H,7-8,10-11,19H2,(H,20,22)(H,21,23). The van der Waals surface area contributed by atoms with E-state index in [0.717, 1.165) is 5.56 Å². The summed E-state index contributed by atoms with van der Waals surface area (Å²) in [6.45, 7) is 0.958. The highest BCUT2D eigenvalue weighted by Crippen LogP contribution is 2.32. The number of fused-ring (bicyclic) bond motifs is 1. The molecule has 0 unspecified atom stereocenters. The molecule has 0 aromatic heterocycles. The molecule has 2 aromatic rings. The van der Waals surface area contributed by atoms with Crippen LogP contribution in [0.1, 0.15) is 15.9 Å². The van der Waals surface area contributed by atoms with Crippen LogP contribution >= 0.6 is 0 Å². The number of nitrogens with one attached hydrogen (secondary N) is 2. The highest BCUT2D eigenvalue weighted by Gasteiger charge is 2.17. The number of rotatable bonds is 6. The number of amides is 2. The lowest BCUT2D eigenvalue weighted by atomic mass is 10.1. The van der Waals surface area contributed by atoms with Gasteiger partial charge in [-0.3, -0.25) is 9.59 Å². The van der Waals surface area contributed by atoms with Crippen LogP contribution in [0.25, 0.3) is 0 Å². The second kappa shape index (κ2) is 7.67. The minimum absolute atomic E-state index is 0.143. The Bertz CT molecular complexity index is 792. The van der Waals surface area contributed by atoms with Crippen LogP contribution in [-0.4, -0.2) is 31.7 Å². The van der Waals surface area contributed by atoms with Crippen LogP contribution in [0, 0.1) is 0 Å². The molecule has 3 rings (SSSR count). The van der Waals surface area contributed by atoms with Crippen LogP contribution in [0.3, 0.4) is 0 Å². The summed E-state index contributed by atoms with van der Waals surface area (Å²) in [5, 5.41) is 5.55. The average molecular weight is 341 g/mol. The van der Waals surface area contributed by atoms with E-state index in [1.54, 1.807) is 36.4 Å². The van der Waals surface area contributed by atoms with E-state index in [4.69, 9.17) is 15.2 Å². The Balaban J connectivity index is 1.72. The van der Waals surface area contributed by atoms with Gasteiger partial charge in [-0.15, -0.1) is 0 Å². The van der Waals surface area contributed by atoms with Crippen LogP contribution in [0.5, 0.6) is 11.5 Å². The molecule has 0 radical (unpaired) electrons. The topological polar surface area (TPSA) is 103 Å². The minimum atomic E-state index is -0.284. The van der Waals surface area contributed by atoms with Gasteiger partial charge < -0.3 is 25.8 Å². The maximum Gasteiger partial charge on any atom is 0.255 e. The first-order chi connectivity index (χ1) is 12.2. The van der Waals surface area contributed by atoms with Gasteiger partial charge in [-0.05, 0) is 29.8 Å². The molecular weight excluding hydrogens is 322 g/mol. The molecular formula is C18H19N3O4. The summed E-state index contributed by atoms with van der Waals surface area (Å²) in [7, 11) is 0. The van der Waals surface area contributed by atoms with E-state index in [1.807, 2.05) is 6.07 Å². The zero-order valence-electron chi connectivity index (χ0n) is 13.6. The molecule has 0 fully saturated rings. The van der Waals surface area contributed by atoms with Crippen molar-refractivity contribution in [3.63, 3.8) is 0 Å². The van der Waals surface area contributed by atoms with Gasteiger partial charge in [-0.1, -0.05) is 18.2 Å². The van der Waals surface area contributed by atoms with Crippen LogP contribution in [-0.2, 0) is 11.2 Å². The average Bonchev–Trinajstić information content (AvgIpc) is 3.09. The number of carbonyl (C=O) groups excluding carboxylic acids is 2. The Labute approximate surface area is 145 Å². The SMILES string of the molecule is NCCNC(=O)Cc1ccccc1NC(=O)c1ccc2c(c1)OCO2. The molecule has 25 heavy (non-hydrogen) atoms. The van der Waals surface area contributed by atoms with Crippen molar-refractivity contribution in [3.8, 4) is 11.5 Å². The highest BCUT2D eigenvalue weighted by atomic mass is 16.7. The predicted octanol–water partition coefficient (Wildman–Crippen LogP) is 1.28. The summed E-state index contributed by atoms with van der Waals surface area (Å²) < 4.78 is 10.5. The van der Waals surface area contributed by atoms with E-state index in [1.165, 1.54) is 0 Å². The van der Waals surface area contributed by atoms with Gasteiger partial charge in [0.15, 0.2) is 11.5 Å². The van der Waals surface area contributed by atoms with Gasteiger partial charge in [-0.25, -0.2) is 0 Å². The summed E-state index contributed by atoms with van der Waals surface area (Å²) in [6, 6.07) is 12.2. The zero-order valence-corrected chi connectivity index (χ0v) is 13.6. The van der Waals surface area contributed by atoms with Crippen molar-refractivity contribution in [2.24, 2.45) is 5.73 Å². The molecule has 1 aliphatic heterocycles. The van der Waals surface area contributed by atoms with Crippen molar-refractivity contribution in [1.82, 2.24) is 5.32 Å². The fraction of sp³-hybridized carbons (Fsp3) is 0.222. The normalized spacial score (nSPS) is 11.9. The van der Waals surface area contributed by atoms with Gasteiger partial charge in [0, 0.05) is 24.3 Å². The van der Waals surface area contributed by atoms with Crippen molar-refractivity contribution >= 4 is 17.5 Å². The summed E-state index contributed by atoms with van der Waals surface area (Å²) in [6.07, 6.45) is 0.164. The molecule has 7 nitrogen and oxygen atoms in total. The third-order valence-corrected chi connectivity index (χ3v) is 3.72. The fourth-order valence-electron chi connectivity index (χ4n) is 2.48. The number of para-hydroxylation sites is 1. The molecule has 130 valence electrons. The molecule has 0 aliphatic carbocycles. The molecule has 4 N–H and O–H groups in total. The number of nitrogens with two attached hydrogens (primary N) is 1. The van der Waals surface area contributed by atoms with E-state index in [-0.39, 0.29) is 25.0 Å². The lowest BCUT2D eigenvalue weighted by Crippen LogP contribution is -2.30. The number of carbonyl (C=O) groups is 2. The Hall–Kier alpha value is -3.06. The van der Waals surface area contributed by atoms with Crippen molar-refractivity contribution in [2.75, 3.05) is 25.2 Å². The third-order valence-electron chi connectivity index (χ3n) is 3.72. The van der Waals surface area contributed by atoms with Crippen LogP contribution < -0.4 is 25.8 Å². The van der Waals surface area contributed by atoms with E-state index in [9.17, 15) is 9.59 Å². The molecule has 2 aromatic carbocycles. The summed E-state index contributed by atoms with van der Waals surface area (Å²) in [4.78, 5) is 24.4. The minimum Gasteiger partial charge on any atom is -0.454 e. The molecule has 1 heterocycles. The molecule has 7 heteroatoms. The Morgan fingerprint density at radius 3 is 2.72 bits per heavy atom. The maximum absolute atomic E-state index is 12.5. The van der Waals surface area contributed by atoms with Crippen molar-refractivity contribution in [2.45, 2.75) is 6.42 Å². The molecule has 0 bridgehead atoms. The summed E-state index contributed by atoms with van der Waals surface area (Å²) in [5.74, 6) is 0.735. The number of ether oxygens (including phenoxy) is 2. The second-order valence-corrected chi connectivity index (χ2v) is 5.49. The smallest absolute Gasteiger partial charge is 0.255 e. The van der Waals surface area contributed by atoms with Gasteiger partial charge in [0.1, 0.15) is 0 Å². The molecule has 0 saturated carbocycles. The zero-order chi connectivity index (χ0) is 17.6. The first kappa shape index (κ1) is 16.8. The first-order valence-electron chi connectivity index (χ1n) is 7.93. The van der Waals surface area contributed by atoms with E-state index < -0.39 is 0 Å². The molecule has 0 atom stereocenters. The highest BCUT2D eigenvalue weighted by molar-refractivity contribution is 6.05.